The predicted molar refractivity (Wildman–Crippen MR) is 93.0 cm³/mol. The second-order valence-corrected chi connectivity index (χ2v) is 6.75. The molecule has 3 rings (SSSR count). The normalized spacial score (nSPS) is 22.0. The fourth-order valence-electron chi connectivity index (χ4n) is 3.83. The molecule has 0 unspecified atom stereocenters. The van der Waals surface area contributed by atoms with Gasteiger partial charge in [-0.25, -0.2) is 0 Å². The summed E-state index contributed by atoms with van der Waals surface area (Å²) >= 11 is 0. The van der Waals surface area contributed by atoms with Crippen molar-refractivity contribution in [1.29, 1.82) is 0 Å². The maximum atomic E-state index is 5.61. The summed E-state index contributed by atoms with van der Waals surface area (Å²) in [6.07, 6.45) is 6.20. The molecular weight excluding hydrogens is 288 g/mol. The smallest absolute Gasteiger partial charge is 0.118 e. The van der Waals surface area contributed by atoms with Crippen LogP contribution in [0.5, 0.6) is 5.75 Å². The maximum absolute atomic E-state index is 5.61. The molecule has 0 spiro atoms. The standard InChI is InChI=1S/C19H30N2O2/c1-22-18-7-5-17(6-8-18)19(9-15-23-16-10-19)20-11-14-21-12-3-2-4-13-21/h5-8,20H,2-4,9-16H2,1H3. The van der Waals surface area contributed by atoms with Gasteiger partial charge in [-0.05, 0) is 56.5 Å². The number of ether oxygens (including phenoxy) is 2. The van der Waals surface area contributed by atoms with E-state index in [1.165, 1.54) is 37.9 Å². The van der Waals surface area contributed by atoms with Crippen molar-refractivity contribution in [3.63, 3.8) is 0 Å². The zero-order valence-corrected chi connectivity index (χ0v) is 14.4. The Morgan fingerprint density at radius 3 is 2.43 bits per heavy atom. The Morgan fingerprint density at radius 1 is 1.09 bits per heavy atom. The van der Waals surface area contributed by atoms with E-state index in [0.29, 0.717) is 0 Å². The van der Waals surface area contributed by atoms with Gasteiger partial charge in [-0.2, -0.15) is 0 Å². The number of hydrogen-bond donors (Lipinski definition) is 1. The van der Waals surface area contributed by atoms with Crippen LogP contribution in [0.3, 0.4) is 0 Å². The maximum Gasteiger partial charge on any atom is 0.118 e. The second kappa shape index (κ2) is 8.13. The van der Waals surface area contributed by atoms with Crippen molar-refractivity contribution < 1.29 is 9.47 Å². The summed E-state index contributed by atoms with van der Waals surface area (Å²) < 4.78 is 10.9. The highest BCUT2D eigenvalue weighted by Gasteiger charge is 2.33. The van der Waals surface area contributed by atoms with Crippen LogP contribution in [0.25, 0.3) is 0 Å². The third kappa shape index (κ3) is 4.25. The summed E-state index contributed by atoms with van der Waals surface area (Å²) in [7, 11) is 1.72. The Labute approximate surface area is 140 Å². The molecule has 0 atom stereocenters. The fraction of sp³-hybridized carbons (Fsp3) is 0.684. The predicted octanol–water partition coefficient (Wildman–Crippen LogP) is 2.78. The van der Waals surface area contributed by atoms with Crippen molar-refractivity contribution >= 4 is 0 Å². The van der Waals surface area contributed by atoms with Crippen LogP contribution in [0.2, 0.25) is 0 Å². The Bertz CT molecular complexity index is 463. The van der Waals surface area contributed by atoms with Crippen LogP contribution >= 0.6 is 0 Å². The summed E-state index contributed by atoms with van der Waals surface area (Å²) in [4.78, 5) is 2.59. The highest BCUT2D eigenvalue weighted by molar-refractivity contribution is 5.32. The van der Waals surface area contributed by atoms with E-state index in [0.717, 1.165) is 44.9 Å². The number of piperidine rings is 1. The second-order valence-electron chi connectivity index (χ2n) is 6.75. The molecule has 1 aromatic rings. The van der Waals surface area contributed by atoms with Crippen molar-refractivity contribution in [2.45, 2.75) is 37.6 Å². The van der Waals surface area contributed by atoms with Gasteiger partial charge < -0.3 is 19.7 Å². The number of rotatable bonds is 6. The molecule has 2 fully saturated rings. The minimum atomic E-state index is 0.0559. The molecule has 4 nitrogen and oxygen atoms in total. The number of hydrogen-bond acceptors (Lipinski definition) is 4. The Kier molecular flexibility index (Phi) is 5.92. The van der Waals surface area contributed by atoms with E-state index in [-0.39, 0.29) is 5.54 Å². The molecule has 2 heterocycles. The molecule has 2 saturated heterocycles. The molecule has 2 aliphatic heterocycles. The minimum Gasteiger partial charge on any atom is -0.497 e. The molecule has 0 saturated carbocycles. The SMILES string of the molecule is COc1ccc(C2(NCCN3CCCCC3)CCOCC2)cc1. The first-order valence-corrected chi connectivity index (χ1v) is 9.02. The lowest BCUT2D eigenvalue weighted by atomic mass is 9.82. The number of methoxy groups -OCH3 is 1. The van der Waals surface area contributed by atoms with E-state index in [1.807, 2.05) is 0 Å². The van der Waals surface area contributed by atoms with E-state index in [4.69, 9.17) is 9.47 Å². The van der Waals surface area contributed by atoms with Gasteiger partial charge >= 0.3 is 0 Å². The van der Waals surface area contributed by atoms with Crippen LogP contribution in [0.4, 0.5) is 0 Å². The van der Waals surface area contributed by atoms with Crippen molar-refractivity contribution in [3.8, 4) is 5.75 Å². The number of benzene rings is 1. The van der Waals surface area contributed by atoms with E-state index >= 15 is 0 Å². The van der Waals surface area contributed by atoms with Gasteiger partial charge in [-0.15, -0.1) is 0 Å². The summed E-state index contributed by atoms with van der Waals surface area (Å²) in [5.41, 5.74) is 1.42. The van der Waals surface area contributed by atoms with Crippen molar-refractivity contribution in [1.82, 2.24) is 10.2 Å². The molecular formula is C19H30N2O2. The van der Waals surface area contributed by atoms with Crippen LogP contribution in [-0.2, 0) is 10.3 Å². The molecule has 0 aromatic heterocycles. The summed E-state index contributed by atoms with van der Waals surface area (Å²) in [5, 5.41) is 3.87. The largest absolute Gasteiger partial charge is 0.497 e. The van der Waals surface area contributed by atoms with Gasteiger partial charge in [0.25, 0.3) is 0 Å². The molecule has 0 bridgehead atoms. The van der Waals surface area contributed by atoms with Gasteiger partial charge in [-0.1, -0.05) is 18.6 Å². The number of nitrogens with one attached hydrogen (secondary N) is 1. The van der Waals surface area contributed by atoms with Gasteiger partial charge in [0.15, 0.2) is 0 Å². The Balaban J connectivity index is 1.63. The van der Waals surface area contributed by atoms with Crippen molar-refractivity contribution in [2.75, 3.05) is 46.5 Å². The zero-order chi connectivity index (χ0) is 16.0. The van der Waals surface area contributed by atoms with Gasteiger partial charge in [0.1, 0.15) is 5.75 Å². The van der Waals surface area contributed by atoms with Gasteiger partial charge in [-0.3, -0.25) is 0 Å². The van der Waals surface area contributed by atoms with E-state index in [2.05, 4.69) is 34.5 Å². The van der Waals surface area contributed by atoms with E-state index < -0.39 is 0 Å². The molecule has 2 aliphatic rings. The summed E-state index contributed by atoms with van der Waals surface area (Å²) in [6.45, 7) is 6.40. The third-order valence-electron chi connectivity index (χ3n) is 5.33. The molecule has 1 N–H and O–H groups in total. The van der Waals surface area contributed by atoms with E-state index in [1.54, 1.807) is 7.11 Å². The molecule has 128 valence electrons. The first-order chi connectivity index (χ1) is 11.3. The van der Waals surface area contributed by atoms with Gasteiger partial charge in [0.2, 0.25) is 0 Å². The fourth-order valence-corrected chi connectivity index (χ4v) is 3.83. The molecule has 0 amide bonds. The van der Waals surface area contributed by atoms with Crippen LogP contribution in [0.15, 0.2) is 24.3 Å². The lowest BCUT2D eigenvalue weighted by molar-refractivity contribution is 0.0353. The average Bonchev–Trinajstić information content (AvgIpc) is 2.63. The number of nitrogens with zero attached hydrogens (tertiary/aromatic N) is 1. The lowest BCUT2D eigenvalue weighted by Crippen LogP contribution is -2.49. The quantitative estimate of drug-likeness (QED) is 0.874. The van der Waals surface area contributed by atoms with Crippen LogP contribution in [-0.4, -0.2) is 51.4 Å². The minimum absolute atomic E-state index is 0.0559. The molecule has 1 aromatic carbocycles. The third-order valence-corrected chi connectivity index (χ3v) is 5.33. The number of likely N-dealkylation sites (tertiary alicyclic amines) is 1. The highest BCUT2D eigenvalue weighted by Crippen LogP contribution is 2.33. The molecule has 0 radical (unpaired) electrons. The zero-order valence-electron chi connectivity index (χ0n) is 14.4. The van der Waals surface area contributed by atoms with Gasteiger partial charge in [0.05, 0.1) is 7.11 Å². The van der Waals surface area contributed by atoms with Crippen LogP contribution in [0.1, 0.15) is 37.7 Å². The van der Waals surface area contributed by atoms with E-state index in [9.17, 15) is 0 Å². The Morgan fingerprint density at radius 2 is 1.78 bits per heavy atom. The molecule has 23 heavy (non-hydrogen) atoms. The van der Waals surface area contributed by atoms with Gasteiger partial charge in [0, 0.05) is 31.8 Å². The van der Waals surface area contributed by atoms with Crippen molar-refractivity contribution in [3.05, 3.63) is 29.8 Å². The highest BCUT2D eigenvalue weighted by atomic mass is 16.5. The lowest BCUT2D eigenvalue weighted by Gasteiger charge is -2.39. The van der Waals surface area contributed by atoms with Crippen LogP contribution < -0.4 is 10.1 Å². The molecule has 0 aliphatic carbocycles. The molecule has 4 heteroatoms. The topological polar surface area (TPSA) is 33.7 Å². The first kappa shape index (κ1) is 16.7. The summed E-state index contributed by atoms with van der Waals surface area (Å²) in [6, 6.07) is 8.55. The Hall–Kier alpha value is -1.10. The monoisotopic (exact) mass is 318 g/mol. The summed E-state index contributed by atoms with van der Waals surface area (Å²) in [5.74, 6) is 0.921. The van der Waals surface area contributed by atoms with Crippen LogP contribution in [0, 0.1) is 0 Å². The average molecular weight is 318 g/mol. The van der Waals surface area contributed by atoms with Crippen molar-refractivity contribution in [2.24, 2.45) is 0 Å². The first-order valence-electron chi connectivity index (χ1n) is 9.02.